The van der Waals surface area contributed by atoms with E-state index in [0.29, 0.717) is 11.0 Å². The number of amides is 1. The van der Waals surface area contributed by atoms with Crippen molar-refractivity contribution in [2.75, 3.05) is 0 Å². The number of aliphatic carboxylic acids is 1. The molecule has 2 rings (SSSR count). The maximum absolute atomic E-state index is 12.3. The first kappa shape index (κ1) is 15.7. The highest BCUT2D eigenvalue weighted by Crippen LogP contribution is 2.09. The van der Waals surface area contributed by atoms with Crippen LogP contribution in [0.3, 0.4) is 0 Å². The molecule has 0 saturated heterocycles. The Morgan fingerprint density at radius 3 is 2.64 bits per heavy atom. The molecule has 7 nitrogen and oxygen atoms in total. The normalized spacial score (nSPS) is 12.5. The molecular weight excluding hydrogens is 300 g/mol. The van der Waals surface area contributed by atoms with Crippen molar-refractivity contribution in [2.45, 2.75) is 25.4 Å². The van der Waals surface area contributed by atoms with Gasteiger partial charge in [-0.1, -0.05) is 12.1 Å². The lowest BCUT2D eigenvalue weighted by molar-refractivity contribution is -0.143. The van der Waals surface area contributed by atoms with Gasteiger partial charge in [-0.25, -0.2) is 18.4 Å². The van der Waals surface area contributed by atoms with E-state index in [1.807, 2.05) is 5.32 Å². The van der Waals surface area contributed by atoms with E-state index in [1.165, 1.54) is 0 Å². The van der Waals surface area contributed by atoms with Gasteiger partial charge in [-0.15, -0.1) is 0 Å². The van der Waals surface area contributed by atoms with Crippen LogP contribution in [0.15, 0.2) is 29.1 Å². The summed E-state index contributed by atoms with van der Waals surface area (Å²) >= 11 is 0. The number of para-hydroxylation sites is 2. The van der Waals surface area contributed by atoms with Gasteiger partial charge in [-0.3, -0.25) is 9.36 Å². The fourth-order valence-electron chi connectivity index (χ4n) is 2.05. The van der Waals surface area contributed by atoms with Crippen molar-refractivity contribution in [2.24, 2.45) is 0 Å². The number of aromatic nitrogens is 2. The molecular formula is C13H13F2N3O4. The number of hydrogen-bond acceptors (Lipinski definition) is 3. The van der Waals surface area contributed by atoms with Crippen molar-refractivity contribution in [1.29, 1.82) is 0 Å². The van der Waals surface area contributed by atoms with Crippen LogP contribution in [-0.4, -0.2) is 39.0 Å². The number of carbonyl (C=O) groups excluding carboxylic acids is 1. The molecule has 1 aromatic heterocycles. The van der Waals surface area contributed by atoms with E-state index in [2.05, 4.69) is 4.98 Å². The molecule has 1 atom stereocenters. The molecule has 0 spiro atoms. The van der Waals surface area contributed by atoms with E-state index in [9.17, 15) is 23.2 Å². The Hall–Kier alpha value is -2.71. The number of fused-ring (bicyclic) bond motifs is 1. The summed E-state index contributed by atoms with van der Waals surface area (Å²) in [6.45, 7) is -0.462. The Kier molecular flexibility index (Phi) is 4.54. The highest BCUT2D eigenvalue weighted by molar-refractivity contribution is 5.84. The molecule has 1 aromatic carbocycles. The average Bonchev–Trinajstić information content (AvgIpc) is 2.74. The molecule has 0 fully saturated rings. The first-order valence-electron chi connectivity index (χ1n) is 6.36. The van der Waals surface area contributed by atoms with Gasteiger partial charge in [0.1, 0.15) is 12.6 Å². The number of aromatic amines is 1. The van der Waals surface area contributed by atoms with Gasteiger partial charge in [0, 0.05) is 6.42 Å². The molecule has 1 unspecified atom stereocenters. The number of imidazole rings is 1. The third-order valence-corrected chi connectivity index (χ3v) is 3.03. The number of carboxylic acid groups (broad SMARTS) is 1. The molecule has 0 radical (unpaired) electrons. The number of nitrogens with zero attached hydrogens (tertiary/aromatic N) is 1. The zero-order chi connectivity index (χ0) is 16.3. The van der Waals surface area contributed by atoms with Crippen LogP contribution in [-0.2, 0) is 16.1 Å². The lowest BCUT2D eigenvalue weighted by Gasteiger charge is -2.14. The molecule has 22 heavy (non-hydrogen) atoms. The molecule has 0 saturated carbocycles. The second-order valence-electron chi connectivity index (χ2n) is 4.62. The maximum Gasteiger partial charge on any atom is 0.326 e. The molecule has 9 heteroatoms. The number of nitrogens with one attached hydrogen (secondary N) is 2. The topological polar surface area (TPSA) is 104 Å². The average molecular weight is 313 g/mol. The van der Waals surface area contributed by atoms with Crippen LogP contribution in [0.2, 0.25) is 0 Å². The van der Waals surface area contributed by atoms with E-state index in [4.69, 9.17) is 5.11 Å². The molecule has 3 N–H and O–H groups in total. The fraction of sp³-hybridized carbons (Fsp3) is 0.308. The number of alkyl halides is 2. The van der Waals surface area contributed by atoms with Crippen molar-refractivity contribution in [1.82, 2.24) is 14.9 Å². The zero-order valence-electron chi connectivity index (χ0n) is 11.3. The van der Waals surface area contributed by atoms with Crippen molar-refractivity contribution >= 4 is 22.9 Å². The lowest BCUT2D eigenvalue weighted by Crippen LogP contribution is -2.44. The third-order valence-electron chi connectivity index (χ3n) is 3.03. The smallest absolute Gasteiger partial charge is 0.326 e. The first-order chi connectivity index (χ1) is 10.4. The van der Waals surface area contributed by atoms with Gasteiger partial charge in [0.15, 0.2) is 0 Å². The Balaban J connectivity index is 2.15. The minimum atomic E-state index is -2.86. The van der Waals surface area contributed by atoms with Crippen LogP contribution < -0.4 is 11.0 Å². The summed E-state index contributed by atoms with van der Waals surface area (Å²) < 4.78 is 25.6. The predicted molar refractivity (Wildman–Crippen MR) is 72.7 cm³/mol. The van der Waals surface area contributed by atoms with Gasteiger partial charge in [0.25, 0.3) is 0 Å². The molecule has 0 aliphatic heterocycles. The molecule has 2 aromatic rings. The van der Waals surface area contributed by atoms with Crippen molar-refractivity contribution in [3.05, 3.63) is 34.7 Å². The molecule has 1 heterocycles. The van der Waals surface area contributed by atoms with E-state index in [0.717, 1.165) is 4.57 Å². The fourth-order valence-corrected chi connectivity index (χ4v) is 2.05. The van der Waals surface area contributed by atoms with E-state index < -0.39 is 43.0 Å². The summed E-state index contributed by atoms with van der Waals surface area (Å²) in [5, 5.41) is 10.8. The van der Waals surface area contributed by atoms with Crippen LogP contribution in [0.25, 0.3) is 11.0 Å². The highest BCUT2D eigenvalue weighted by Gasteiger charge is 2.24. The Morgan fingerprint density at radius 1 is 1.32 bits per heavy atom. The zero-order valence-corrected chi connectivity index (χ0v) is 11.3. The molecule has 0 aliphatic carbocycles. The van der Waals surface area contributed by atoms with E-state index >= 15 is 0 Å². The minimum Gasteiger partial charge on any atom is -0.480 e. The van der Waals surface area contributed by atoms with Gasteiger partial charge in [0.05, 0.1) is 11.0 Å². The summed E-state index contributed by atoms with van der Waals surface area (Å²) in [6.07, 6.45) is -3.86. The van der Waals surface area contributed by atoms with Crippen molar-refractivity contribution < 1.29 is 23.5 Å². The van der Waals surface area contributed by atoms with E-state index in [1.54, 1.807) is 24.3 Å². The predicted octanol–water partition coefficient (Wildman–Crippen LogP) is 0.554. The second-order valence-corrected chi connectivity index (χ2v) is 4.62. The number of halogens is 2. The van der Waals surface area contributed by atoms with Gasteiger partial charge in [0.2, 0.25) is 12.3 Å². The molecule has 0 bridgehead atoms. The summed E-state index contributed by atoms with van der Waals surface area (Å²) in [5.74, 6) is -2.39. The number of rotatable bonds is 6. The lowest BCUT2D eigenvalue weighted by atomic mass is 10.2. The van der Waals surface area contributed by atoms with Crippen LogP contribution in [0.1, 0.15) is 6.42 Å². The van der Waals surface area contributed by atoms with Crippen LogP contribution in [0, 0.1) is 0 Å². The Labute approximate surface area is 122 Å². The number of carbonyl (C=O) groups is 2. The van der Waals surface area contributed by atoms with Crippen molar-refractivity contribution in [3.63, 3.8) is 0 Å². The van der Waals surface area contributed by atoms with Gasteiger partial charge >= 0.3 is 11.7 Å². The first-order valence-corrected chi connectivity index (χ1v) is 6.36. The summed E-state index contributed by atoms with van der Waals surface area (Å²) in [4.78, 5) is 36.9. The van der Waals surface area contributed by atoms with Crippen LogP contribution >= 0.6 is 0 Å². The Morgan fingerprint density at radius 2 is 2.00 bits per heavy atom. The number of benzene rings is 1. The van der Waals surface area contributed by atoms with Crippen LogP contribution in [0.5, 0.6) is 0 Å². The number of H-pyrrole nitrogens is 1. The minimum absolute atomic E-state index is 0.461. The van der Waals surface area contributed by atoms with Gasteiger partial charge in [-0.2, -0.15) is 0 Å². The standard InChI is InChI=1S/C13H13F2N3O4/c14-10(15)5-8(12(20)21)16-11(19)6-18-9-4-2-1-3-7(9)17-13(18)22/h1-4,8,10H,5-6H2,(H,16,19)(H,17,22)(H,20,21). The Bertz CT molecular complexity index is 753. The summed E-state index contributed by atoms with van der Waals surface area (Å²) in [5.41, 5.74) is 0.433. The quantitative estimate of drug-likeness (QED) is 0.724. The summed E-state index contributed by atoms with van der Waals surface area (Å²) in [7, 11) is 0. The largest absolute Gasteiger partial charge is 0.480 e. The van der Waals surface area contributed by atoms with Crippen molar-refractivity contribution in [3.8, 4) is 0 Å². The monoisotopic (exact) mass is 313 g/mol. The number of carboxylic acids is 1. The molecule has 118 valence electrons. The van der Waals surface area contributed by atoms with Gasteiger partial charge in [-0.05, 0) is 12.1 Å². The number of hydrogen-bond donors (Lipinski definition) is 3. The van der Waals surface area contributed by atoms with Crippen LogP contribution in [0.4, 0.5) is 8.78 Å². The maximum atomic E-state index is 12.3. The highest BCUT2D eigenvalue weighted by atomic mass is 19.3. The second kappa shape index (κ2) is 6.37. The molecule has 0 aliphatic rings. The molecule has 1 amide bonds. The SMILES string of the molecule is O=C(Cn1c(=O)[nH]c2ccccc21)NC(CC(F)F)C(=O)O. The van der Waals surface area contributed by atoms with E-state index in [-0.39, 0.29) is 0 Å². The summed E-state index contributed by atoms with van der Waals surface area (Å²) in [6, 6.07) is 4.91. The van der Waals surface area contributed by atoms with Gasteiger partial charge < -0.3 is 15.4 Å². The third kappa shape index (κ3) is 3.48.